The maximum Gasteiger partial charge on any atom is 0.278 e. The summed E-state index contributed by atoms with van der Waals surface area (Å²) in [5, 5.41) is 0. The van der Waals surface area contributed by atoms with Crippen molar-refractivity contribution >= 4 is 0 Å². The maximum absolute atomic E-state index is 13.1. The molecule has 0 spiro atoms. The second-order valence-electron chi connectivity index (χ2n) is 6.84. The molecule has 0 radical (unpaired) electrons. The molecule has 0 aliphatic carbocycles. The fourth-order valence-electron chi connectivity index (χ4n) is 3.31. The van der Waals surface area contributed by atoms with Gasteiger partial charge in [-0.15, -0.1) is 0 Å². The van der Waals surface area contributed by atoms with Gasteiger partial charge in [-0.25, -0.2) is 4.98 Å². The summed E-state index contributed by atoms with van der Waals surface area (Å²) in [6.45, 7) is 0. The summed E-state index contributed by atoms with van der Waals surface area (Å²) in [6, 6.07) is 23.2. The number of fused-ring (bicyclic) bond motifs is 1. The zero-order valence-corrected chi connectivity index (χ0v) is 16.0. The summed E-state index contributed by atoms with van der Waals surface area (Å²) in [5.74, 6) is 7.51. The van der Waals surface area contributed by atoms with Gasteiger partial charge in [0.25, 0.3) is 5.56 Å². The minimum atomic E-state index is -0.171. The Balaban J connectivity index is 1.68. The molecule has 3 heterocycles. The Bertz CT molecular complexity index is 1370. The van der Waals surface area contributed by atoms with Gasteiger partial charge in [-0.3, -0.25) is 9.36 Å². The highest BCUT2D eigenvalue weighted by molar-refractivity contribution is 5.62. The average Bonchev–Trinajstić information content (AvgIpc) is 3.42. The van der Waals surface area contributed by atoms with Gasteiger partial charge in [0.2, 0.25) is 0 Å². The standard InChI is InChI=1S/C25H17N3O2/c29-25-22(16-20-12-7-15-30-20)27-24-21(14-13-18-8-3-1-4-9-18)26-23(17-28(24)25)19-10-5-2-6-11-19/h1-12,15,17,26H,16H2. The highest BCUT2D eigenvalue weighted by atomic mass is 16.3. The van der Waals surface area contributed by atoms with E-state index in [4.69, 9.17) is 4.42 Å². The quantitative estimate of drug-likeness (QED) is 0.468. The van der Waals surface area contributed by atoms with Crippen molar-refractivity contribution in [2.24, 2.45) is 0 Å². The third kappa shape index (κ3) is 3.43. The molecule has 5 nitrogen and oxygen atoms in total. The number of H-pyrrole nitrogens is 1. The fourth-order valence-corrected chi connectivity index (χ4v) is 3.31. The number of nitrogens with one attached hydrogen (secondary N) is 1. The van der Waals surface area contributed by atoms with Gasteiger partial charge < -0.3 is 9.40 Å². The number of furan rings is 1. The third-order valence-electron chi connectivity index (χ3n) is 4.79. The molecule has 2 aromatic carbocycles. The van der Waals surface area contributed by atoms with Gasteiger partial charge in [0.15, 0.2) is 5.82 Å². The molecule has 5 heteroatoms. The number of aromatic amines is 1. The van der Waals surface area contributed by atoms with Crippen LogP contribution in [0.1, 0.15) is 22.7 Å². The smallest absolute Gasteiger partial charge is 0.278 e. The van der Waals surface area contributed by atoms with Gasteiger partial charge in [0, 0.05) is 11.8 Å². The molecule has 0 fully saturated rings. The first-order valence-electron chi connectivity index (χ1n) is 9.57. The number of rotatable bonds is 3. The molecule has 2 aliphatic heterocycles. The number of hydrogen-bond donors (Lipinski definition) is 1. The molecule has 144 valence electrons. The van der Waals surface area contributed by atoms with Crippen molar-refractivity contribution in [1.82, 2.24) is 14.5 Å². The highest BCUT2D eigenvalue weighted by Gasteiger charge is 2.20. The van der Waals surface area contributed by atoms with Crippen LogP contribution in [0.25, 0.3) is 17.1 Å². The largest absolute Gasteiger partial charge is 0.469 e. The van der Waals surface area contributed by atoms with E-state index in [2.05, 4.69) is 21.8 Å². The summed E-state index contributed by atoms with van der Waals surface area (Å²) >= 11 is 0. The van der Waals surface area contributed by atoms with Crippen molar-refractivity contribution in [2.75, 3.05) is 0 Å². The van der Waals surface area contributed by atoms with E-state index in [0.717, 1.165) is 16.8 Å². The summed E-state index contributed by atoms with van der Waals surface area (Å²) < 4.78 is 6.95. The lowest BCUT2D eigenvalue weighted by Crippen LogP contribution is -2.17. The van der Waals surface area contributed by atoms with Gasteiger partial charge in [0.1, 0.15) is 17.1 Å². The molecule has 30 heavy (non-hydrogen) atoms. The molecule has 5 rings (SSSR count). The molecule has 0 saturated heterocycles. The van der Waals surface area contributed by atoms with Crippen LogP contribution in [-0.2, 0) is 6.42 Å². The summed E-state index contributed by atoms with van der Waals surface area (Å²) in [4.78, 5) is 21.0. The summed E-state index contributed by atoms with van der Waals surface area (Å²) in [5.41, 5.74) is 3.48. The Labute approximate surface area is 173 Å². The van der Waals surface area contributed by atoms with Gasteiger partial charge in [0.05, 0.1) is 18.4 Å². The van der Waals surface area contributed by atoms with Crippen LogP contribution >= 0.6 is 0 Å². The van der Waals surface area contributed by atoms with E-state index >= 15 is 0 Å². The maximum atomic E-state index is 13.1. The number of nitrogens with zero attached hydrogens (tertiary/aromatic N) is 2. The Hall–Kier alpha value is -4.30. The Kier molecular flexibility index (Phi) is 4.51. The van der Waals surface area contributed by atoms with Crippen molar-refractivity contribution in [3.05, 3.63) is 118 Å². The number of aromatic nitrogens is 3. The van der Waals surface area contributed by atoms with E-state index in [9.17, 15) is 4.79 Å². The molecular formula is C25H17N3O2. The van der Waals surface area contributed by atoms with Crippen molar-refractivity contribution in [3.8, 4) is 28.9 Å². The average molecular weight is 391 g/mol. The lowest BCUT2D eigenvalue weighted by atomic mass is 10.1. The first-order chi connectivity index (χ1) is 14.8. The van der Waals surface area contributed by atoms with Crippen LogP contribution in [-0.4, -0.2) is 14.5 Å². The molecule has 0 unspecified atom stereocenters. The minimum absolute atomic E-state index is 0.171. The van der Waals surface area contributed by atoms with Crippen LogP contribution in [0, 0.1) is 11.8 Å². The lowest BCUT2D eigenvalue weighted by Gasteiger charge is -2.09. The molecule has 2 aliphatic rings. The molecule has 1 N–H and O–H groups in total. The van der Waals surface area contributed by atoms with Crippen LogP contribution in [0.3, 0.4) is 0 Å². The van der Waals surface area contributed by atoms with Crippen molar-refractivity contribution in [3.63, 3.8) is 0 Å². The third-order valence-corrected chi connectivity index (χ3v) is 4.79. The van der Waals surface area contributed by atoms with Gasteiger partial charge >= 0.3 is 0 Å². The Morgan fingerprint density at radius 2 is 1.70 bits per heavy atom. The Morgan fingerprint density at radius 3 is 2.43 bits per heavy atom. The fraction of sp³-hybridized carbons (Fsp3) is 0.0400. The van der Waals surface area contributed by atoms with Crippen LogP contribution < -0.4 is 5.56 Å². The first-order valence-corrected chi connectivity index (χ1v) is 9.57. The van der Waals surface area contributed by atoms with Crippen LogP contribution in [0.5, 0.6) is 0 Å². The number of imidazole rings is 1. The van der Waals surface area contributed by atoms with E-state index in [0.29, 0.717) is 29.4 Å². The molecule has 0 bridgehead atoms. The normalized spacial score (nSPS) is 10.7. The van der Waals surface area contributed by atoms with Gasteiger partial charge in [-0.2, -0.15) is 0 Å². The van der Waals surface area contributed by atoms with Gasteiger partial charge in [-0.1, -0.05) is 54.5 Å². The topological polar surface area (TPSA) is 63.8 Å². The Morgan fingerprint density at radius 1 is 0.933 bits per heavy atom. The predicted octanol–water partition coefficient (Wildman–Crippen LogP) is 4.25. The van der Waals surface area contributed by atoms with Crippen molar-refractivity contribution in [1.29, 1.82) is 0 Å². The van der Waals surface area contributed by atoms with Crippen LogP contribution in [0.4, 0.5) is 0 Å². The van der Waals surface area contributed by atoms with E-state index in [-0.39, 0.29) is 5.56 Å². The SMILES string of the molecule is O=c1c(Cc2ccco2)nc2c(C#Cc3ccccc3)[nH]c(-c3ccccc3)cn1-2. The second kappa shape index (κ2) is 7.61. The summed E-state index contributed by atoms with van der Waals surface area (Å²) in [7, 11) is 0. The van der Waals surface area contributed by atoms with Crippen molar-refractivity contribution in [2.45, 2.75) is 6.42 Å². The zero-order chi connectivity index (χ0) is 20.3. The summed E-state index contributed by atoms with van der Waals surface area (Å²) in [6.07, 6.45) is 3.70. The zero-order valence-electron chi connectivity index (χ0n) is 16.0. The van der Waals surface area contributed by atoms with E-state index in [1.165, 1.54) is 0 Å². The number of hydrogen-bond acceptors (Lipinski definition) is 3. The first kappa shape index (κ1) is 17.8. The monoisotopic (exact) mass is 391 g/mol. The molecule has 3 aromatic rings. The van der Waals surface area contributed by atoms with E-state index in [1.807, 2.05) is 66.7 Å². The van der Waals surface area contributed by atoms with Gasteiger partial charge in [-0.05, 0) is 35.7 Å². The van der Waals surface area contributed by atoms with Crippen molar-refractivity contribution < 1.29 is 4.42 Å². The second-order valence-corrected chi connectivity index (χ2v) is 6.84. The molecule has 0 saturated carbocycles. The molecular weight excluding hydrogens is 374 g/mol. The van der Waals surface area contributed by atoms with E-state index < -0.39 is 0 Å². The number of benzene rings is 2. The minimum Gasteiger partial charge on any atom is -0.469 e. The predicted molar refractivity (Wildman–Crippen MR) is 115 cm³/mol. The molecule has 0 amide bonds. The lowest BCUT2D eigenvalue weighted by molar-refractivity contribution is 0.519. The molecule has 0 atom stereocenters. The van der Waals surface area contributed by atoms with E-state index in [1.54, 1.807) is 23.1 Å². The highest BCUT2D eigenvalue weighted by Crippen LogP contribution is 2.21. The van der Waals surface area contributed by atoms with Crippen LogP contribution in [0.15, 0.2) is 94.5 Å². The van der Waals surface area contributed by atoms with Crippen LogP contribution in [0.2, 0.25) is 0 Å². The molecule has 1 aromatic heterocycles.